The van der Waals surface area contributed by atoms with Gasteiger partial charge in [0.25, 0.3) is 5.91 Å². The molecular weight excluding hydrogens is 242 g/mol. The number of carbonyl (C=O) groups is 1. The van der Waals surface area contributed by atoms with Crippen molar-refractivity contribution >= 4 is 5.91 Å². The molecule has 106 valence electrons. The van der Waals surface area contributed by atoms with E-state index in [1.54, 1.807) is 26.2 Å². The molecule has 2 atom stereocenters. The maximum absolute atomic E-state index is 12.0. The number of hydrogen-bond donors (Lipinski definition) is 1. The Labute approximate surface area is 115 Å². The van der Waals surface area contributed by atoms with Crippen LogP contribution in [-0.2, 0) is 4.79 Å². The average molecular weight is 265 g/mol. The summed E-state index contributed by atoms with van der Waals surface area (Å²) in [5.74, 6) is 1.47. The molecule has 0 aliphatic rings. The first kappa shape index (κ1) is 15.3. The largest absolute Gasteiger partial charge is 0.493 e. The molecule has 19 heavy (non-hydrogen) atoms. The molecule has 0 aromatic heterocycles. The van der Waals surface area contributed by atoms with Crippen LogP contribution < -0.4 is 14.8 Å². The first-order valence-corrected chi connectivity index (χ1v) is 6.55. The van der Waals surface area contributed by atoms with Crippen molar-refractivity contribution in [1.82, 2.24) is 5.32 Å². The van der Waals surface area contributed by atoms with Crippen LogP contribution in [0, 0.1) is 5.92 Å². The fourth-order valence-electron chi connectivity index (χ4n) is 1.47. The summed E-state index contributed by atoms with van der Waals surface area (Å²) < 4.78 is 10.8. The monoisotopic (exact) mass is 265 g/mol. The molecule has 4 nitrogen and oxygen atoms in total. The van der Waals surface area contributed by atoms with E-state index < -0.39 is 6.10 Å². The van der Waals surface area contributed by atoms with Crippen LogP contribution in [0.2, 0.25) is 0 Å². The smallest absolute Gasteiger partial charge is 0.260 e. The number of para-hydroxylation sites is 2. The molecule has 1 aromatic carbocycles. The Morgan fingerprint density at radius 3 is 2.21 bits per heavy atom. The summed E-state index contributed by atoms with van der Waals surface area (Å²) in [4.78, 5) is 12.0. The topological polar surface area (TPSA) is 47.6 Å². The molecule has 0 unspecified atom stereocenters. The number of amides is 1. The Balaban J connectivity index is 2.63. The number of carbonyl (C=O) groups excluding carboxylic acids is 1. The fraction of sp³-hybridized carbons (Fsp3) is 0.533. The van der Waals surface area contributed by atoms with Crippen molar-refractivity contribution in [3.05, 3.63) is 24.3 Å². The maximum atomic E-state index is 12.0. The van der Waals surface area contributed by atoms with Crippen molar-refractivity contribution in [1.29, 1.82) is 0 Å². The lowest BCUT2D eigenvalue weighted by atomic mass is 10.1. The van der Waals surface area contributed by atoms with E-state index in [1.807, 2.05) is 19.1 Å². The van der Waals surface area contributed by atoms with Crippen molar-refractivity contribution < 1.29 is 14.3 Å². The van der Waals surface area contributed by atoms with Crippen LogP contribution in [0.4, 0.5) is 0 Å². The minimum absolute atomic E-state index is 0.118. The van der Waals surface area contributed by atoms with Gasteiger partial charge in [-0.3, -0.25) is 4.79 Å². The Morgan fingerprint density at radius 2 is 1.68 bits per heavy atom. The van der Waals surface area contributed by atoms with Gasteiger partial charge in [0.1, 0.15) is 0 Å². The van der Waals surface area contributed by atoms with Crippen LogP contribution in [0.1, 0.15) is 27.7 Å². The summed E-state index contributed by atoms with van der Waals surface area (Å²) >= 11 is 0. The van der Waals surface area contributed by atoms with Crippen molar-refractivity contribution in [2.45, 2.75) is 39.8 Å². The quantitative estimate of drug-likeness (QED) is 0.860. The molecule has 0 radical (unpaired) electrons. The molecule has 1 amide bonds. The zero-order valence-corrected chi connectivity index (χ0v) is 12.3. The first-order chi connectivity index (χ1) is 8.95. The van der Waals surface area contributed by atoms with Gasteiger partial charge in [-0.25, -0.2) is 0 Å². The third-order valence-corrected chi connectivity index (χ3v) is 3.11. The number of ether oxygens (including phenoxy) is 2. The van der Waals surface area contributed by atoms with E-state index in [0.717, 1.165) is 0 Å². The summed E-state index contributed by atoms with van der Waals surface area (Å²) in [6.45, 7) is 7.85. The lowest BCUT2D eigenvalue weighted by Crippen LogP contribution is -2.43. The molecule has 1 aromatic rings. The zero-order chi connectivity index (χ0) is 14.4. The predicted octanol–water partition coefficient (Wildman–Crippen LogP) is 2.62. The van der Waals surface area contributed by atoms with Crippen molar-refractivity contribution in [3.63, 3.8) is 0 Å². The van der Waals surface area contributed by atoms with Gasteiger partial charge < -0.3 is 14.8 Å². The molecule has 0 fully saturated rings. The van der Waals surface area contributed by atoms with Gasteiger partial charge in [0.15, 0.2) is 17.6 Å². The second kappa shape index (κ2) is 7.02. The second-order valence-electron chi connectivity index (χ2n) is 4.95. The third-order valence-electron chi connectivity index (χ3n) is 3.11. The van der Waals surface area contributed by atoms with E-state index in [9.17, 15) is 4.79 Å². The van der Waals surface area contributed by atoms with E-state index in [2.05, 4.69) is 19.2 Å². The highest BCUT2D eigenvalue weighted by atomic mass is 16.5. The Kier molecular flexibility index (Phi) is 5.67. The van der Waals surface area contributed by atoms with Gasteiger partial charge in [0.2, 0.25) is 0 Å². The molecule has 0 bridgehead atoms. The van der Waals surface area contributed by atoms with E-state index in [0.29, 0.717) is 17.4 Å². The van der Waals surface area contributed by atoms with E-state index in [1.165, 1.54) is 0 Å². The number of benzene rings is 1. The van der Waals surface area contributed by atoms with Gasteiger partial charge in [-0.05, 0) is 31.9 Å². The first-order valence-electron chi connectivity index (χ1n) is 6.55. The molecule has 0 spiro atoms. The van der Waals surface area contributed by atoms with Crippen molar-refractivity contribution in [2.24, 2.45) is 5.92 Å². The summed E-state index contributed by atoms with van der Waals surface area (Å²) in [5, 5.41) is 2.93. The normalized spacial score (nSPS) is 13.8. The van der Waals surface area contributed by atoms with E-state index in [-0.39, 0.29) is 11.9 Å². The lowest BCUT2D eigenvalue weighted by molar-refractivity contribution is -0.128. The lowest BCUT2D eigenvalue weighted by Gasteiger charge is -2.21. The molecule has 0 heterocycles. The minimum Gasteiger partial charge on any atom is -0.493 e. The zero-order valence-electron chi connectivity index (χ0n) is 12.3. The standard InChI is InChI=1S/C15H23NO3/c1-10(2)11(3)16-15(17)12(4)19-14-9-7-6-8-13(14)18-5/h6-12H,1-5H3,(H,16,17)/t11-,12-/m0/s1. The van der Waals surface area contributed by atoms with Gasteiger partial charge in [0, 0.05) is 6.04 Å². The summed E-state index contributed by atoms with van der Waals surface area (Å²) in [6.07, 6.45) is -0.558. The molecule has 1 N–H and O–H groups in total. The molecule has 0 saturated heterocycles. The van der Waals surface area contributed by atoms with Gasteiger partial charge in [-0.15, -0.1) is 0 Å². The Bertz CT molecular complexity index is 418. The van der Waals surface area contributed by atoms with E-state index >= 15 is 0 Å². The van der Waals surface area contributed by atoms with Gasteiger partial charge in [0.05, 0.1) is 7.11 Å². The SMILES string of the molecule is COc1ccccc1O[C@@H](C)C(=O)N[C@@H](C)C(C)C. The van der Waals surface area contributed by atoms with Gasteiger partial charge in [-0.1, -0.05) is 26.0 Å². The highest BCUT2D eigenvalue weighted by Gasteiger charge is 2.19. The van der Waals surface area contributed by atoms with Crippen LogP contribution in [-0.4, -0.2) is 25.2 Å². The predicted molar refractivity (Wildman–Crippen MR) is 75.5 cm³/mol. The maximum Gasteiger partial charge on any atom is 0.260 e. The van der Waals surface area contributed by atoms with Gasteiger partial charge >= 0.3 is 0 Å². The highest BCUT2D eigenvalue weighted by molar-refractivity contribution is 5.81. The molecule has 0 saturated carbocycles. The molecule has 0 aliphatic heterocycles. The van der Waals surface area contributed by atoms with E-state index in [4.69, 9.17) is 9.47 Å². The highest BCUT2D eigenvalue weighted by Crippen LogP contribution is 2.26. The molecular formula is C15H23NO3. The number of hydrogen-bond acceptors (Lipinski definition) is 3. The Morgan fingerprint density at radius 1 is 1.11 bits per heavy atom. The van der Waals surface area contributed by atoms with Crippen molar-refractivity contribution in [3.8, 4) is 11.5 Å². The third kappa shape index (κ3) is 4.47. The van der Waals surface area contributed by atoms with Crippen LogP contribution >= 0.6 is 0 Å². The second-order valence-corrected chi connectivity index (χ2v) is 4.95. The molecule has 4 heteroatoms. The number of rotatable bonds is 6. The summed E-state index contributed by atoms with van der Waals surface area (Å²) in [7, 11) is 1.58. The molecule has 1 rings (SSSR count). The summed E-state index contributed by atoms with van der Waals surface area (Å²) in [5.41, 5.74) is 0. The minimum atomic E-state index is -0.558. The fourth-order valence-corrected chi connectivity index (χ4v) is 1.47. The van der Waals surface area contributed by atoms with Crippen LogP contribution in [0.25, 0.3) is 0 Å². The van der Waals surface area contributed by atoms with Crippen LogP contribution in [0.15, 0.2) is 24.3 Å². The average Bonchev–Trinajstić information content (AvgIpc) is 2.38. The van der Waals surface area contributed by atoms with Crippen LogP contribution in [0.5, 0.6) is 11.5 Å². The molecule has 0 aliphatic carbocycles. The van der Waals surface area contributed by atoms with Crippen LogP contribution in [0.3, 0.4) is 0 Å². The summed E-state index contributed by atoms with van der Waals surface area (Å²) in [6, 6.07) is 7.41. The van der Waals surface area contributed by atoms with Gasteiger partial charge in [-0.2, -0.15) is 0 Å². The Hall–Kier alpha value is -1.71. The number of nitrogens with one attached hydrogen (secondary N) is 1. The van der Waals surface area contributed by atoms with Crippen molar-refractivity contribution in [2.75, 3.05) is 7.11 Å². The number of methoxy groups -OCH3 is 1.